The van der Waals surface area contributed by atoms with E-state index in [2.05, 4.69) is 0 Å². The lowest BCUT2D eigenvalue weighted by Gasteiger charge is -2.33. The number of terminal acetylenes is 1. The molecule has 4 aromatic carbocycles. The summed E-state index contributed by atoms with van der Waals surface area (Å²) in [6.07, 6.45) is 5.17. The van der Waals surface area contributed by atoms with Crippen molar-refractivity contribution in [2.75, 3.05) is 0 Å². The Hall–Kier alpha value is -5.08. The SMILES string of the molecule is [B]C1=C([B])C2C(=C1[B])C(c1ccc(-n3c(C)nc4ccccc43)cc1)=c1c([B])c([B])c([B])c([B])c1=C2Cc1c(O)c([B])c(O)c([B])c1/C([B])=C(/O)C#C. The second kappa shape index (κ2) is 13.1. The maximum Gasteiger partial charge on any atom is 0.160 e. The summed E-state index contributed by atoms with van der Waals surface area (Å²) < 4.78 is 2.04. The quantitative estimate of drug-likeness (QED) is 0.105. The fourth-order valence-electron chi connectivity index (χ4n) is 7.53. The molecule has 53 heavy (non-hydrogen) atoms. The molecule has 0 spiro atoms. The van der Waals surface area contributed by atoms with E-state index < -0.39 is 34.1 Å². The molecule has 1 unspecified atom stereocenters. The molecule has 7 rings (SSSR count). The number of imidazole rings is 1. The van der Waals surface area contributed by atoms with E-state index in [9.17, 15) is 15.3 Å². The lowest BCUT2D eigenvalue weighted by molar-refractivity contribution is 0.442. The highest BCUT2D eigenvalue weighted by molar-refractivity contribution is 6.62. The van der Waals surface area contributed by atoms with Crippen LogP contribution in [0.2, 0.25) is 0 Å². The molecule has 15 heteroatoms. The van der Waals surface area contributed by atoms with Crippen LogP contribution in [-0.4, -0.2) is 103 Å². The summed E-state index contributed by atoms with van der Waals surface area (Å²) in [7, 11) is 65.3. The van der Waals surface area contributed by atoms with Crippen LogP contribution in [0.25, 0.3) is 33.3 Å². The number of phenolic OH excluding ortho intramolecular Hbond substituents is 2. The summed E-state index contributed by atoms with van der Waals surface area (Å²) in [6, 6.07) is 15.5. The Balaban J connectivity index is 1.60. The van der Waals surface area contributed by atoms with E-state index in [1.165, 1.54) is 0 Å². The van der Waals surface area contributed by atoms with E-state index in [0.717, 1.165) is 22.5 Å². The molecule has 5 nitrogen and oxygen atoms in total. The number of nitrogens with zero attached hydrogens (tertiary/aromatic N) is 2. The third kappa shape index (κ3) is 5.28. The zero-order valence-corrected chi connectivity index (χ0v) is 28.5. The molecule has 0 aliphatic heterocycles. The molecule has 2 aliphatic carbocycles. The van der Waals surface area contributed by atoms with Crippen molar-refractivity contribution in [2.24, 2.45) is 5.92 Å². The topological polar surface area (TPSA) is 78.5 Å². The minimum atomic E-state index is -0.864. The lowest BCUT2D eigenvalue weighted by atomic mass is 9.60. The minimum absolute atomic E-state index is 0.00314. The average molecular weight is 659 g/mol. The van der Waals surface area contributed by atoms with Gasteiger partial charge < -0.3 is 15.3 Å². The molecule has 228 valence electrons. The van der Waals surface area contributed by atoms with Crippen LogP contribution in [0.3, 0.4) is 0 Å². The number of aliphatic hydroxyl groups is 1. The molecule has 5 aromatic rings. The molecule has 20 radical (unpaired) electrons. The number of rotatable bonds is 5. The number of hydrogen-bond acceptors (Lipinski definition) is 4. The van der Waals surface area contributed by atoms with E-state index in [4.69, 9.17) is 89.9 Å². The highest BCUT2D eigenvalue weighted by Crippen LogP contribution is 2.46. The fourth-order valence-corrected chi connectivity index (χ4v) is 7.53. The average Bonchev–Trinajstić information content (AvgIpc) is 3.61. The zero-order chi connectivity index (χ0) is 38.4. The van der Waals surface area contributed by atoms with Crippen molar-refractivity contribution < 1.29 is 15.3 Å². The standard InChI is InChI=1S/C38H18B10N2O3/c1-3-20(51)27(39)24-17(37(52)36(48)38(53)32(24)44)12-16-22-25(30(42)33(45)28(22)40)21(26-23(16)29(41)34(46)35(47)31(26)43)14-8-10-15(11-9-14)50-13(2)49-18-6-4-5-7-19(18)50/h1,4-11,22,51-53H,12H2,2H3/b27-20-. The first kappa shape index (κ1) is 36.3. The van der Waals surface area contributed by atoms with Crippen LogP contribution in [0.1, 0.15) is 22.5 Å². The van der Waals surface area contributed by atoms with Gasteiger partial charge in [-0.05, 0) is 98.2 Å². The van der Waals surface area contributed by atoms with E-state index >= 15 is 0 Å². The highest BCUT2D eigenvalue weighted by Gasteiger charge is 2.37. The molecule has 0 saturated carbocycles. The van der Waals surface area contributed by atoms with Gasteiger partial charge in [0.15, 0.2) is 5.76 Å². The van der Waals surface area contributed by atoms with Crippen molar-refractivity contribution in [1.29, 1.82) is 0 Å². The van der Waals surface area contributed by atoms with Crippen molar-refractivity contribution in [3.63, 3.8) is 0 Å². The van der Waals surface area contributed by atoms with E-state index in [1.54, 1.807) is 0 Å². The molecule has 3 N–H and O–H groups in total. The van der Waals surface area contributed by atoms with Crippen molar-refractivity contribution in [3.05, 3.63) is 109 Å². The van der Waals surface area contributed by atoms with Gasteiger partial charge in [0.1, 0.15) is 95.8 Å². The van der Waals surface area contributed by atoms with Crippen molar-refractivity contribution in [2.45, 2.75) is 13.3 Å². The van der Waals surface area contributed by atoms with Gasteiger partial charge in [0.2, 0.25) is 0 Å². The Morgan fingerprint density at radius 2 is 1.42 bits per heavy atom. The van der Waals surface area contributed by atoms with Gasteiger partial charge in [-0.3, -0.25) is 4.57 Å². The molecular formula is C38H18B10N2O3. The Kier molecular flexibility index (Phi) is 8.97. The molecule has 0 fully saturated rings. The molecule has 0 saturated heterocycles. The number of aromatic nitrogens is 2. The predicted molar refractivity (Wildman–Crippen MR) is 222 cm³/mol. The third-order valence-electron chi connectivity index (χ3n) is 10.1. The number of hydrogen-bond donors (Lipinski definition) is 3. The Labute approximate surface area is 320 Å². The first-order valence-electron chi connectivity index (χ1n) is 16.2. The van der Waals surface area contributed by atoms with Crippen molar-refractivity contribution >= 4 is 139 Å². The smallest absolute Gasteiger partial charge is 0.160 e. The van der Waals surface area contributed by atoms with Crippen LogP contribution < -0.4 is 43.2 Å². The summed E-state index contributed by atoms with van der Waals surface area (Å²) in [6.45, 7) is 1.93. The van der Waals surface area contributed by atoms with E-state index in [0.29, 0.717) is 32.7 Å². The lowest BCUT2D eigenvalue weighted by Crippen LogP contribution is -2.66. The van der Waals surface area contributed by atoms with Crippen LogP contribution in [0.5, 0.6) is 11.5 Å². The monoisotopic (exact) mass is 660 g/mol. The molecule has 0 bridgehead atoms. The van der Waals surface area contributed by atoms with Crippen LogP contribution in [0.15, 0.2) is 76.3 Å². The number of para-hydroxylation sites is 2. The Bertz CT molecular complexity index is 2760. The minimum Gasteiger partial charge on any atom is -0.509 e. The number of aromatic hydroxyl groups is 2. The Morgan fingerprint density at radius 1 is 0.792 bits per heavy atom. The van der Waals surface area contributed by atoms with Crippen molar-refractivity contribution in [1.82, 2.24) is 9.55 Å². The summed E-state index contributed by atoms with van der Waals surface area (Å²) in [4.78, 5) is 4.70. The van der Waals surface area contributed by atoms with E-state index in [1.807, 2.05) is 65.9 Å². The van der Waals surface area contributed by atoms with Gasteiger partial charge in [0.05, 0.1) is 11.0 Å². The molecule has 0 amide bonds. The van der Waals surface area contributed by atoms with Gasteiger partial charge in [-0.15, -0.1) is 28.3 Å². The molecule has 1 atom stereocenters. The molecular weight excluding hydrogens is 641 g/mol. The fraction of sp³-hybridized carbons (Fsp3) is 0.0789. The molecule has 1 aromatic heterocycles. The number of fused-ring (bicyclic) bond motifs is 3. The Morgan fingerprint density at radius 3 is 2.06 bits per heavy atom. The van der Waals surface area contributed by atoms with Crippen LogP contribution in [-0.2, 0) is 6.42 Å². The van der Waals surface area contributed by atoms with Crippen LogP contribution in [0.4, 0.5) is 0 Å². The van der Waals surface area contributed by atoms with Crippen LogP contribution >= 0.6 is 0 Å². The van der Waals surface area contributed by atoms with Gasteiger partial charge in [-0.2, -0.15) is 0 Å². The second-order valence-electron chi connectivity index (χ2n) is 12.9. The molecule has 1 heterocycles. The van der Waals surface area contributed by atoms with Gasteiger partial charge in [-0.25, -0.2) is 4.98 Å². The summed E-state index contributed by atoms with van der Waals surface area (Å²) in [5.74, 6) is -0.00164. The van der Waals surface area contributed by atoms with Crippen LogP contribution in [0, 0.1) is 25.2 Å². The summed E-state index contributed by atoms with van der Waals surface area (Å²) in [5, 5.41) is 33.3. The largest absolute Gasteiger partial charge is 0.509 e. The number of benzene rings is 4. The first-order chi connectivity index (χ1) is 25.1. The first-order valence-corrected chi connectivity index (χ1v) is 16.2. The van der Waals surface area contributed by atoms with Crippen molar-refractivity contribution in [3.8, 4) is 29.5 Å². The number of phenols is 2. The maximum absolute atomic E-state index is 11.4. The summed E-state index contributed by atoms with van der Waals surface area (Å²) >= 11 is 0. The summed E-state index contributed by atoms with van der Waals surface area (Å²) in [5.41, 5.74) is 3.99. The van der Waals surface area contributed by atoms with E-state index in [-0.39, 0.29) is 61.3 Å². The van der Waals surface area contributed by atoms with Gasteiger partial charge in [-0.1, -0.05) is 40.7 Å². The maximum atomic E-state index is 11.4. The van der Waals surface area contributed by atoms with Gasteiger partial charge in [0, 0.05) is 17.2 Å². The highest BCUT2D eigenvalue weighted by atomic mass is 16.3. The molecule has 2 aliphatic rings. The normalized spacial score (nSPS) is 15.8. The zero-order valence-electron chi connectivity index (χ0n) is 28.5. The number of aryl methyl sites for hydroxylation is 1. The second-order valence-corrected chi connectivity index (χ2v) is 12.9. The predicted octanol–water partition coefficient (Wildman–Crippen LogP) is -3.26. The van der Waals surface area contributed by atoms with Gasteiger partial charge >= 0.3 is 0 Å². The number of aliphatic hydroxyl groups excluding tert-OH is 1. The number of allylic oxidation sites excluding steroid dienone is 5. The van der Waals surface area contributed by atoms with Gasteiger partial charge in [0.25, 0.3) is 0 Å². The third-order valence-corrected chi connectivity index (χ3v) is 10.1.